The van der Waals surface area contributed by atoms with Crippen LogP contribution in [0.3, 0.4) is 0 Å². The molecule has 0 aromatic heterocycles. The molecule has 0 fully saturated rings. The molecular weight excluding hydrogens is 308 g/mol. The molecule has 0 saturated heterocycles. The largest absolute Gasteiger partial charge is 0.0732 e. The summed E-state index contributed by atoms with van der Waals surface area (Å²) in [6.07, 6.45) is 12.8. The average Bonchev–Trinajstić information content (AvgIpc) is 2.77. The van der Waals surface area contributed by atoms with Crippen molar-refractivity contribution in [2.24, 2.45) is 0 Å². The van der Waals surface area contributed by atoms with Gasteiger partial charge in [-0.1, -0.05) is 94.9 Å². The van der Waals surface area contributed by atoms with Crippen LogP contribution >= 0.6 is 15.9 Å². The molecule has 0 atom stereocenters. The molecule has 0 radical (unpaired) electrons. The van der Waals surface area contributed by atoms with E-state index >= 15 is 0 Å². The lowest BCUT2D eigenvalue weighted by atomic mass is 9.90. The van der Waals surface area contributed by atoms with Crippen molar-refractivity contribution in [1.82, 2.24) is 0 Å². The number of rotatable bonds is 2. The van der Waals surface area contributed by atoms with Crippen LogP contribution in [-0.2, 0) is 0 Å². The molecule has 0 amide bonds. The molecular formula is C19H15Br. The Hall–Kier alpha value is -1.86. The molecule has 1 heteroatoms. The molecule has 0 bridgehead atoms. The molecule has 98 valence electrons. The maximum absolute atomic E-state index is 3.66. The molecule has 20 heavy (non-hydrogen) atoms. The van der Waals surface area contributed by atoms with Gasteiger partial charge < -0.3 is 0 Å². The third kappa shape index (κ3) is 2.68. The van der Waals surface area contributed by atoms with Crippen molar-refractivity contribution in [3.63, 3.8) is 0 Å². The van der Waals surface area contributed by atoms with E-state index in [1.165, 1.54) is 16.7 Å². The fraction of sp³-hybridized carbons (Fsp3) is 0.0526. The summed E-state index contributed by atoms with van der Waals surface area (Å²) in [7, 11) is 0. The fourth-order valence-corrected chi connectivity index (χ4v) is 2.98. The van der Waals surface area contributed by atoms with Gasteiger partial charge >= 0.3 is 0 Å². The van der Waals surface area contributed by atoms with E-state index in [9.17, 15) is 0 Å². The van der Waals surface area contributed by atoms with Crippen LogP contribution in [0.1, 0.15) is 11.5 Å². The standard InChI is InChI=1S/C19H15Br/c20-19-14-8-7-13-18(19)17-12-6-5-11-16(17)15-9-3-1-2-4-10-15/h1-15H. The van der Waals surface area contributed by atoms with E-state index in [2.05, 4.69) is 94.9 Å². The highest BCUT2D eigenvalue weighted by Crippen LogP contribution is 2.35. The Labute approximate surface area is 128 Å². The number of benzene rings is 2. The van der Waals surface area contributed by atoms with Crippen LogP contribution in [0.25, 0.3) is 11.1 Å². The number of allylic oxidation sites excluding steroid dienone is 6. The maximum atomic E-state index is 3.66. The van der Waals surface area contributed by atoms with E-state index in [1.807, 2.05) is 6.07 Å². The summed E-state index contributed by atoms with van der Waals surface area (Å²) in [6, 6.07) is 17.0. The second-order valence-corrected chi connectivity index (χ2v) is 5.60. The van der Waals surface area contributed by atoms with E-state index < -0.39 is 0 Å². The van der Waals surface area contributed by atoms with E-state index in [0.717, 1.165) is 4.47 Å². The van der Waals surface area contributed by atoms with E-state index in [1.54, 1.807) is 0 Å². The lowest BCUT2D eigenvalue weighted by Gasteiger charge is -2.15. The Kier molecular flexibility index (Phi) is 3.98. The van der Waals surface area contributed by atoms with Gasteiger partial charge in [-0.3, -0.25) is 0 Å². The summed E-state index contributed by atoms with van der Waals surface area (Å²) in [5.74, 6) is 0.313. The van der Waals surface area contributed by atoms with Crippen molar-refractivity contribution in [2.75, 3.05) is 0 Å². The molecule has 0 heterocycles. The van der Waals surface area contributed by atoms with Crippen LogP contribution in [-0.4, -0.2) is 0 Å². The predicted molar refractivity (Wildman–Crippen MR) is 89.7 cm³/mol. The van der Waals surface area contributed by atoms with Crippen molar-refractivity contribution in [3.8, 4) is 11.1 Å². The van der Waals surface area contributed by atoms with E-state index in [-0.39, 0.29) is 0 Å². The monoisotopic (exact) mass is 322 g/mol. The van der Waals surface area contributed by atoms with Crippen molar-refractivity contribution in [3.05, 3.63) is 95.0 Å². The second kappa shape index (κ2) is 6.06. The SMILES string of the molecule is Brc1ccccc1-c1ccccc1C1C=CC=CC=C1. The highest BCUT2D eigenvalue weighted by molar-refractivity contribution is 9.10. The first kappa shape index (κ1) is 13.1. The van der Waals surface area contributed by atoms with Crippen LogP contribution in [0.2, 0.25) is 0 Å². The Morgan fingerprint density at radius 3 is 1.95 bits per heavy atom. The van der Waals surface area contributed by atoms with Crippen LogP contribution < -0.4 is 0 Å². The third-order valence-corrected chi connectivity index (χ3v) is 4.15. The molecule has 1 aliphatic carbocycles. The lowest BCUT2D eigenvalue weighted by Crippen LogP contribution is -1.95. The van der Waals surface area contributed by atoms with Crippen molar-refractivity contribution in [2.45, 2.75) is 5.92 Å². The van der Waals surface area contributed by atoms with Gasteiger partial charge in [0.15, 0.2) is 0 Å². The summed E-state index contributed by atoms with van der Waals surface area (Å²) in [4.78, 5) is 0. The molecule has 2 aromatic carbocycles. The fourth-order valence-electron chi connectivity index (χ4n) is 2.48. The Balaban J connectivity index is 2.12. The summed E-state index contributed by atoms with van der Waals surface area (Å²) in [6.45, 7) is 0. The first-order valence-electron chi connectivity index (χ1n) is 6.72. The summed E-state index contributed by atoms with van der Waals surface area (Å²) < 4.78 is 1.13. The number of halogens is 1. The van der Waals surface area contributed by atoms with E-state index in [0.29, 0.717) is 5.92 Å². The molecule has 0 saturated carbocycles. The summed E-state index contributed by atoms with van der Waals surface area (Å²) in [5.41, 5.74) is 3.85. The Morgan fingerprint density at radius 1 is 0.650 bits per heavy atom. The van der Waals surface area contributed by atoms with Gasteiger partial charge in [-0.05, 0) is 22.8 Å². The van der Waals surface area contributed by atoms with Gasteiger partial charge in [-0.2, -0.15) is 0 Å². The topological polar surface area (TPSA) is 0 Å². The molecule has 1 aliphatic rings. The van der Waals surface area contributed by atoms with Gasteiger partial charge in [0.25, 0.3) is 0 Å². The van der Waals surface area contributed by atoms with Crippen LogP contribution in [0.15, 0.2) is 89.5 Å². The van der Waals surface area contributed by atoms with Crippen molar-refractivity contribution >= 4 is 15.9 Å². The van der Waals surface area contributed by atoms with Gasteiger partial charge in [-0.15, -0.1) is 0 Å². The maximum Gasteiger partial charge on any atom is 0.0253 e. The third-order valence-electron chi connectivity index (χ3n) is 3.45. The van der Waals surface area contributed by atoms with Gasteiger partial charge in [-0.25, -0.2) is 0 Å². The molecule has 0 aliphatic heterocycles. The van der Waals surface area contributed by atoms with Gasteiger partial charge in [0.1, 0.15) is 0 Å². The minimum atomic E-state index is 0.313. The Morgan fingerprint density at radius 2 is 1.25 bits per heavy atom. The summed E-state index contributed by atoms with van der Waals surface area (Å²) >= 11 is 3.66. The minimum Gasteiger partial charge on any atom is -0.0732 e. The molecule has 2 aromatic rings. The smallest absolute Gasteiger partial charge is 0.0253 e. The van der Waals surface area contributed by atoms with Crippen LogP contribution in [0.4, 0.5) is 0 Å². The van der Waals surface area contributed by atoms with Gasteiger partial charge in [0.05, 0.1) is 0 Å². The number of hydrogen-bond acceptors (Lipinski definition) is 0. The minimum absolute atomic E-state index is 0.313. The molecule has 0 spiro atoms. The quantitative estimate of drug-likeness (QED) is 0.647. The lowest BCUT2D eigenvalue weighted by molar-refractivity contribution is 1.09. The zero-order valence-corrected chi connectivity index (χ0v) is 12.6. The normalized spacial score (nSPS) is 14.4. The first-order chi connectivity index (χ1) is 9.86. The highest BCUT2D eigenvalue weighted by atomic mass is 79.9. The zero-order valence-electron chi connectivity index (χ0n) is 11.0. The average molecular weight is 323 g/mol. The molecule has 0 unspecified atom stereocenters. The van der Waals surface area contributed by atoms with Crippen LogP contribution in [0, 0.1) is 0 Å². The first-order valence-corrected chi connectivity index (χ1v) is 7.51. The van der Waals surface area contributed by atoms with Gasteiger partial charge in [0.2, 0.25) is 0 Å². The molecule has 0 nitrogen and oxygen atoms in total. The van der Waals surface area contributed by atoms with Crippen molar-refractivity contribution in [1.29, 1.82) is 0 Å². The number of hydrogen-bond donors (Lipinski definition) is 0. The molecule has 3 rings (SSSR count). The predicted octanol–water partition coefficient (Wildman–Crippen LogP) is 5.88. The van der Waals surface area contributed by atoms with Crippen LogP contribution in [0.5, 0.6) is 0 Å². The van der Waals surface area contributed by atoms with Crippen molar-refractivity contribution < 1.29 is 0 Å². The summed E-state index contributed by atoms with van der Waals surface area (Å²) in [5, 5.41) is 0. The Bertz CT molecular complexity index is 676. The zero-order chi connectivity index (χ0) is 13.8. The van der Waals surface area contributed by atoms with Gasteiger partial charge in [0, 0.05) is 10.4 Å². The molecule has 0 N–H and O–H groups in total. The van der Waals surface area contributed by atoms with E-state index in [4.69, 9.17) is 0 Å². The highest BCUT2D eigenvalue weighted by Gasteiger charge is 2.12. The second-order valence-electron chi connectivity index (χ2n) is 4.75.